The summed E-state index contributed by atoms with van der Waals surface area (Å²) in [6.45, 7) is 6.11. The van der Waals surface area contributed by atoms with Gasteiger partial charge in [-0.25, -0.2) is 24.6 Å². The first kappa shape index (κ1) is 18.2. The van der Waals surface area contributed by atoms with Gasteiger partial charge in [-0.15, -0.1) is 0 Å². The van der Waals surface area contributed by atoms with Crippen molar-refractivity contribution in [2.24, 2.45) is 0 Å². The van der Waals surface area contributed by atoms with Crippen molar-refractivity contribution in [2.45, 2.75) is 13.3 Å². The Morgan fingerprint density at radius 1 is 0.929 bits per heavy atom. The van der Waals surface area contributed by atoms with E-state index in [1.165, 1.54) is 0 Å². The molecule has 144 valence electrons. The van der Waals surface area contributed by atoms with Gasteiger partial charge in [0, 0.05) is 63.9 Å². The fraction of sp³-hybridized carbons (Fsp3) is 0.368. The fourth-order valence-electron chi connectivity index (χ4n) is 3.31. The van der Waals surface area contributed by atoms with Gasteiger partial charge in [-0.2, -0.15) is 5.10 Å². The lowest BCUT2D eigenvalue weighted by molar-refractivity contribution is 0.0962. The van der Waals surface area contributed by atoms with E-state index in [4.69, 9.17) is 0 Å². The van der Waals surface area contributed by atoms with Crippen molar-refractivity contribution in [3.05, 3.63) is 54.4 Å². The van der Waals surface area contributed by atoms with Crippen molar-refractivity contribution in [3.63, 3.8) is 0 Å². The lowest BCUT2D eigenvalue weighted by Crippen LogP contribution is -2.47. The summed E-state index contributed by atoms with van der Waals surface area (Å²) < 4.78 is 1.60. The molecule has 0 spiro atoms. The predicted octanol–water partition coefficient (Wildman–Crippen LogP) is 1.16. The van der Waals surface area contributed by atoms with Crippen LogP contribution >= 0.6 is 0 Å². The molecule has 0 N–H and O–H groups in total. The number of rotatable bonds is 6. The zero-order chi connectivity index (χ0) is 19.3. The number of piperazine rings is 1. The highest BCUT2D eigenvalue weighted by Gasteiger charge is 2.21. The van der Waals surface area contributed by atoms with Crippen LogP contribution in [0.5, 0.6) is 0 Å². The van der Waals surface area contributed by atoms with Crippen LogP contribution in [0.4, 0.5) is 5.95 Å². The van der Waals surface area contributed by atoms with Gasteiger partial charge in [0.15, 0.2) is 5.78 Å². The molecule has 0 atom stereocenters. The van der Waals surface area contributed by atoms with Crippen LogP contribution < -0.4 is 4.90 Å². The molecule has 28 heavy (non-hydrogen) atoms. The molecule has 0 saturated carbocycles. The van der Waals surface area contributed by atoms with Crippen LogP contribution in [-0.4, -0.2) is 73.1 Å². The largest absolute Gasteiger partial charge is 0.338 e. The maximum Gasteiger partial charge on any atom is 0.250 e. The molecular weight excluding hydrogens is 356 g/mol. The zero-order valence-electron chi connectivity index (χ0n) is 15.8. The highest BCUT2D eigenvalue weighted by atomic mass is 16.1. The molecule has 0 aromatic carbocycles. The molecule has 9 nitrogen and oxygen atoms in total. The Hall–Kier alpha value is -3.20. The first-order valence-electron chi connectivity index (χ1n) is 9.32. The van der Waals surface area contributed by atoms with Crippen LogP contribution in [0.2, 0.25) is 0 Å². The SMILES string of the molecule is Cc1c(C(=O)CCN2CCN(c3ncccn3)CC2)cnn1-c1ncccn1. The van der Waals surface area contributed by atoms with Gasteiger partial charge in [0.25, 0.3) is 5.95 Å². The molecule has 0 unspecified atom stereocenters. The highest BCUT2D eigenvalue weighted by Crippen LogP contribution is 2.14. The third-order valence-corrected chi connectivity index (χ3v) is 4.91. The molecule has 0 aliphatic carbocycles. The first-order valence-corrected chi connectivity index (χ1v) is 9.32. The number of ketones is 1. The average Bonchev–Trinajstić information content (AvgIpc) is 3.15. The lowest BCUT2D eigenvalue weighted by atomic mass is 10.1. The van der Waals surface area contributed by atoms with Gasteiger partial charge < -0.3 is 4.90 Å². The van der Waals surface area contributed by atoms with Crippen molar-refractivity contribution in [2.75, 3.05) is 37.6 Å². The zero-order valence-corrected chi connectivity index (χ0v) is 15.8. The maximum absolute atomic E-state index is 12.7. The summed E-state index contributed by atoms with van der Waals surface area (Å²) in [6.07, 6.45) is 8.91. The molecule has 4 rings (SSSR count). The van der Waals surface area contributed by atoms with Crippen LogP contribution in [0, 0.1) is 6.92 Å². The van der Waals surface area contributed by atoms with Crippen LogP contribution in [0.1, 0.15) is 22.5 Å². The number of Topliss-reactive ketones (excluding diaryl/α,β-unsaturated/α-hetero) is 1. The summed E-state index contributed by atoms with van der Waals surface area (Å²) in [7, 11) is 0. The van der Waals surface area contributed by atoms with E-state index in [0.717, 1.165) is 44.4 Å². The van der Waals surface area contributed by atoms with Gasteiger partial charge in [0.05, 0.1) is 17.5 Å². The van der Waals surface area contributed by atoms with E-state index in [0.29, 0.717) is 17.9 Å². The van der Waals surface area contributed by atoms with Gasteiger partial charge in [-0.05, 0) is 19.1 Å². The van der Waals surface area contributed by atoms with Gasteiger partial charge in [-0.3, -0.25) is 9.69 Å². The second-order valence-corrected chi connectivity index (χ2v) is 6.65. The first-order chi connectivity index (χ1) is 13.7. The Balaban J connectivity index is 1.31. The third kappa shape index (κ3) is 3.89. The van der Waals surface area contributed by atoms with E-state index in [1.54, 1.807) is 41.7 Å². The summed E-state index contributed by atoms with van der Waals surface area (Å²) >= 11 is 0. The third-order valence-electron chi connectivity index (χ3n) is 4.91. The quantitative estimate of drug-likeness (QED) is 0.590. The maximum atomic E-state index is 12.7. The predicted molar refractivity (Wildman–Crippen MR) is 104 cm³/mol. The molecular formula is C19H22N8O. The number of carbonyl (C=O) groups excluding carboxylic acids is 1. The number of carbonyl (C=O) groups is 1. The van der Waals surface area contributed by atoms with Crippen molar-refractivity contribution in [1.82, 2.24) is 34.6 Å². The molecule has 0 bridgehead atoms. The van der Waals surface area contributed by atoms with Crippen molar-refractivity contribution in [3.8, 4) is 5.95 Å². The van der Waals surface area contributed by atoms with Gasteiger partial charge in [-0.1, -0.05) is 0 Å². The Bertz CT molecular complexity index is 920. The minimum absolute atomic E-state index is 0.0912. The minimum atomic E-state index is 0.0912. The number of aromatic nitrogens is 6. The Kier molecular flexibility index (Phi) is 5.34. The Labute approximate surface area is 163 Å². The van der Waals surface area contributed by atoms with E-state index >= 15 is 0 Å². The monoisotopic (exact) mass is 378 g/mol. The molecule has 0 amide bonds. The van der Waals surface area contributed by atoms with Gasteiger partial charge in [0.1, 0.15) is 0 Å². The summed E-state index contributed by atoms with van der Waals surface area (Å²) in [4.78, 5) is 34.1. The molecule has 1 fully saturated rings. The van der Waals surface area contributed by atoms with Crippen LogP contribution in [0.3, 0.4) is 0 Å². The summed E-state index contributed by atoms with van der Waals surface area (Å²) in [5.74, 6) is 1.33. The molecule has 3 aromatic rings. The van der Waals surface area contributed by atoms with Crippen molar-refractivity contribution >= 4 is 11.7 Å². The molecule has 1 aliphatic rings. The number of anilines is 1. The minimum Gasteiger partial charge on any atom is -0.338 e. The number of hydrogen-bond acceptors (Lipinski definition) is 8. The average molecular weight is 378 g/mol. The lowest BCUT2D eigenvalue weighted by Gasteiger charge is -2.34. The topological polar surface area (TPSA) is 92.9 Å². The second kappa shape index (κ2) is 8.22. The summed E-state index contributed by atoms with van der Waals surface area (Å²) in [5.41, 5.74) is 1.39. The molecule has 1 aliphatic heterocycles. The number of nitrogens with zero attached hydrogens (tertiary/aromatic N) is 8. The van der Waals surface area contributed by atoms with Crippen molar-refractivity contribution in [1.29, 1.82) is 0 Å². The molecule has 0 radical (unpaired) electrons. The highest BCUT2D eigenvalue weighted by molar-refractivity contribution is 5.97. The molecule has 1 saturated heterocycles. The van der Waals surface area contributed by atoms with Gasteiger partial charge >= 0.3 is 0 Å². The summed E-state index contributed by atoms with van der Waals surface area (Å²) in [5, 5.41) is 4.28. The van der Waals surface area contributed by atoms with E-state index in [1.807, 2.05) is 13.0 Å². The molecule has 3 aromatic heterocycles. The normalized spacial score (nSPS) is 15.0. The molecule has 4 heterocycles. The second-order valence-electron chi connectivity index (χ2n) is 6.65. The van der Waals surface area contributed by atoms with Crippen LogP contribution in [0.25, 0.3) is 5.95 Å². The smallest absolute Gasteiger partial charge is 0.250 e. The van der Waals surface area contributed by atoms with Gasteiger partial charge in [0.2, 0.25) is 5.95 Å². The van der Waals surface area contributed by atoms with E-state index in [9.17, 15) is 4.79 Å². The van der Waals surface area contributed by atoms with Crippen molar-refractivity contribution < 1.29 is 4.79 Å². The van der Waals surface area contributed by atoms with E-state index < -0.39 is 0 Å². The van der Waals surface area contributed by atoms with E-state index in [-0.39, 0.29) is 5.78 Å². The Morgan fingerprint density at radius 2 is 1.54 bits per heavy atom. The molecule has 9 heteroatoms. The Morgan fingerprint density at radius 3 is 2.18 bits per heavy atom. The standard InChI is InChI=1S/C19H22N8O/c1-15-16(14-24-27(15)19-22-7-3-8-23-19)17(28)4-9-25-10-12-26(13-11-25)18-20-5-2-6-21-18/h2-3,5-8,14H,4,9-13H2,1H3. The van der Waals surface area contributed by atoms with E-state index in [2.05, 4.69) is 34.8 Å². The number of hydrogen-bond donors (Lipinski definition) is 0. The fourth-order valence-corrected chi connectivity index (χ4v) is 3.31. The summed E-state index contributed by atoms with van der Waals surface area (Å²) in [6, 6.07) is 3.57. The van der Waals surface area contributed by atoms with Crippen LogP contribution in [0.15, 0.2) is 43.1 Å². The van der Waals surface area contributed by atoms with Crippen LogP contribution in [-0.2, 0) is 0 Å².